The number of hydrogen-bond acceptors (Lipinski definition) is 3. The molecule has 1 aliphatic heterocycles. The molecule has 1 aromatic rings. The Morgan fingerprint density at radius 1 is 1.30 bits per heavy atom. The summed E-state index contributed by atoms with van der Waals surface area (Å²) in [6.45, 7) is 7.15. The van der Waals surface area contributed by atoms with Crippen molar-refractivity contribution in [1.29, 1.82) is 0 Å². The lowest BCUT2D eigenvalue weighted by atomic mass is 9.84. The van der Waals surface area contributed by atoms with Crippen LogP contribution in [0.5, 0.6) is 0 Å². The predicted molar refractivity (Wildman–Crippen MR) is 95.8 cm³/mol. The molecule has 1 heterocycles. The lowest BCUT2D eigenvalue weighted by molar-refractivity contribution is 0.505. The van der Waals surface area contributed by atoms with Gasteiger partial charge >= 0.3 is 0 Å². The first-order chi connectivity index (χ1) is 10.7. The van der Waals surface area contributed by atoms with Crippen molar-refractivity contribution in [2.75, 3.05) is 25.1 Å². The highest BCUT2D eigenvalue weighted by molar-refractivity contribution is 7.91. The van der Waals surface area contributed by atoms with Gasteiger partial charge in [-0.2, -0.15) is 0 Å². The number of rotatable bonds is 4. The third kappa shape index (κ3) is 4.96. The van der Waals surface area contributed by atoms with Crippen molar-refractivity contribution in [3.63, 3.8) is 0 Å². The van der Waals surface area contributed by atoms with E-state index in [0.29, 0.717) is 12.4 Å². The molecule has 0 bridgehead atoms. The van der Waals surface area contributed by atoms with Crippen LogP contribution < -0.4 is 10.6 Å². The second-order valence-electron chi connectivity index (χ2n) is 6.92. The van der Waals surface area contributed by atoms with E-state index in [1.54, 1.807) is 7.05 Å². The molecular weight excluding hydrogens is 310 g/mol. The number of benzene rings is 1. The molecule has 0 spiro atoms. The zero-order valence-electron chi connectivity index (χ0n) is 14.4. The van der Waals surface area contributed by atoms with Crippen LogP contribution in [0.25, 0.3) is 0 Å². The molecule has 1 fully saturated rings. The van der Waals surface area contributed by atoms with Crippen LogP contribution in [0.15, 0.2) is 29.3 Å². The quantitative estimate of drug-likeness (QED) is 0.647. The molecule has 2 N–H and O–H groups in total. The van der Waals surface area contributed by atoms with Gasteiger partial charge in [-0.15, -0.1) is 0 Å². The summed E-state index contributed by atoms with van der Waals surface area (Å²) in [5, 5.41) is 6.54. The lowest BCUT2D eigenvalue weighted by Gasteiger charge is -2.27. The summed E-state index contributed by atoms with van der Waals surface area (Å²) in [5.41, 5.74) is 2.46. The zero-order valence-corrected chi connectivity index (χ0v) is 15.2. The number of aryl methyl sites for hydroxylation is 1. The maximum atomic E-state index is 11.5. The third-order valence-electron chi connectivity index (χ3n) is 4.33. The number of sulfone groups is 1. The van der Waals surface area contributed by atoms with Gasteiger partial charge in [0.15, 0.2) is 15.8 Å². The minimum Gasteiger partial charge on any atom is -0.356 e. The fourth-order valence-electron chi connectivity index (χ4n) is 2.71. The number of guanidine groups is 1. The number of nitrogens with zero attached hydrogens (tertiary/aromatic N) is 1. The number of nitrogens with one attached hydrogen (secondary N) is 2. The summed E-state index contributed by atoms with van der Waals surface area (Å²) in [7, 11) is -1.18. The Balaban J connectivity index is 1.93. The molecule has 1 aromatic carbocycles. The van der Waals surface area contributed by atoms with Gasteiger partial charge in [0.05, 0.1) is 11.5 Å². The summed E-state index contributed by atoms with van der Waals surface area (Å²) < 4.78 is 23.1. The van der Waals surface area contributed by atoms with Gasteiger partial charge in [0.1, 0.15) is 0 Å². The molecule has 6 heteroatoms. The average Bonchev–Trinajstić information content (AvgIpc) is 2.83. The van der Waals surface area contributed by atoms with Gasteiger partial charge in [-0.3, -0.25) is 4.99 Å². The van der Waals surface area contributed by atoms with E-state index in [2.05, 4.69) is 60.7 Å². The Morgan fingerprint density at radius 2 is 1.96 bits per heavy atom. The molecule has 128 valence electrons. The first kappa shape index (κ1) is 17.8. The van der Waals surface area contributed by atoms with Gasteiger partial charge in [-0.05, 0) is 18.9 Å². The van der Waals surface area contributed by atoms with E-state index in [1.807, 2.05) is 0 Å². The van der Waals surface area contributed by atoms with Crippen molar-refractivity contribution < 1.29 is 8.42 Å². The van der Waals surface area contributed by atoms with E-state index in [1.165, 1.54) is 11.1 Å². The molecule has 0 aliphatic carbocycles. The largest absolute Gasteiger partial charge is 0.356 e. The molecule has 0 amide bonds. The van der Waals surface area contributed by atoms with Crippen molar-refractivity contribution >= 4 is 15.8 Å². The highest BCUT2D eigenvalue weighted by Crippen LogP contribution is 2.22. The van der Waals surface area contributed by atoms with Crippen molar-refractivity contribution in [3.05, 3.63) is 35.4 Å². The van der Waals surface area contributed by atoms with Crippen molar-refractivity contribution in [2.45, 2.75) is 38.6 Å². The Bertz CT molecular complexity index is 664. The first-order valence-corrected chi connectivity index (χ1v) is 9.79. The standard InChI is InChI=1S/C17H27N3O2S/c1-13-5-7-14(8-6-13)17(2,3)12-19-16(18-4)20-15-9-10-23(21,22)11-15/h5-8,15H,9-12H2,1-4H3,(H2,18,19,20). The predicted octanol–water partition coefficient (Wildman–Crippen LogP) is 1.62. The summed E-state index contributed by atoms with van der Waals surface area (Å²) >= 11 is 0. The minimum absolute atomic E-state index is 0.0475. The van der Waals surface area contributed by atoms with Crippen molar-refractivity contribution in [1.82, 2.24) is 10.6 Å². The minimum atomic E-state index is -2.89. The van der Waals surface area contributed by atoms with Crippen LogP contribution in [0.4, 0.5) is 0 Å². The molecule has 5 nitrogen and oxygen atoms in total. The zero-order chi connectivity index (χ0) is 17.1. The van der Waals surface area contributed by atoms with Gasteiger partial charge in [-0.1, -0.05) is 43.7 Å². The van der Waals surface area contributed by atoms with E-state index in [0.717, 1.165) is 6.54 Å². The lowest BCUT2D eigenvalue weighted by Crippen LogP contribution is -2.47. The first-order valence-electron chi connectivity index (χ1n) is 7.97. The van der Waals surface area contributed by atoms with E-state index in [4.69, 9.17) is 0 Å². The van der Waals surface area contributed by atoms with Crippen LogP contribution in [0.3, 0.4) is 0 Å². The molecule has 0 saturated carbocycles. The molecule has 23 heavy (non-hydrogen) atoms. The molecule has 0 aromatic heterocycles. The Hall–Kier alpha value is -1.56. The van der Waals surface area contributed by atoms with Crippen LogP contribution >= 0.6 is 0 Å². The maximum absolute atomic E-state index is 11.5. The van der Waals surface area contributed by atoms with Crippen LogP contribution in [-0.2, 0) is 15.3 Å². The molecule has 2 rings (SSSR count). The van der Waals surface area contributed by atoms with E-state index < -0.39 is 9.84 Å². The summed E-state index contributed by atoms with van der Waals surface area (Å²) in [5.74, 6) is 1.11. The maximum Gasteiger partial charge on any atom is 0.191 e. The van der Waals surface area contributed by atoms with Crippen molar-refractivity contribution in [3.8, 4) is 0 Å². The summed E-state index contributed by atoms with van der Waals surface area (Å²) in [6, 6.07) is 8.49. The molecular formula is C17H27N3O2S. The van der Waals surface area contributed by atoms with Crippen LogP contribution in [-0.4, -0.2) is 45.5 Å². The highest BCUT2D eigenvalue weighted by atomic mass is 32.2. The Kier molecular flexibility index (Phi) is 5.34. The highest BCUT2D eigenvalue weighted by Gasteiger charge is 2.29. The Labute approximate surface area is 139 Å². The smallest absolute Gasteiger partial charge is 0.191 e. The second kappa shape index (κ2) is 6.91. The summed E-state index contributed by atoms with van der Waals surface area (Å²) in [6.07, 6.45) is 0.643. The second-order valence-corrected chi connectivity index (χ2v) is 9.15. The van der Waals surface area contributed by atoms with E-state index >= 15 is 0 Å². The molecule has 0 radical (unpaired) electrons. The van der Waals surface area contributed by atoms with E-state index in [-0.39, 0.29) is 23.0 Å². The summed E-state index contributed by atoms with van der Waals surface area (Å²) in [4.78, 5) is 4.21. The van der Waals surface area contributed by atoms with Crippen molar-refractivity contribution in [2.24, 2.45) is 4.99 Å². The third-order valence-corrected chi connectivity index (χ3v) is 6.10. The fraction of sp³-hybridized carbons (Fsp3) is 0.588. The number of hydrogen-bond donors (Lipinski definition) is 2. The molecule has 1 atom stereocenters. The molecule has 1 unspecified atom stereocenters. The average molecular weight is 337 g/mol. The van der Waals surface area contributed by atoms with Gasteiger partial charge < -0.3 is 10.6 Å². The van der Waals surface area contributed by atoms with Gasteiger partial charge in [0, 0.05) is 25.0 Å². The molecule has 1 saturated heterocycles. The van der Waals surface area contributed by atoms with E-state index in [9.17, 15) is 8.42 Å². The molecule has 1 aliphatic rings. The SMILES string of the molecule is CN=C(NCC(C)(C)c1ccc(C)cc1)NC1CCS(=O)(=O)C1. The van der Waals surface area contributed by atoms with Gasteiger partial charge in [0.25, 0.3) is 0 Å². The van der Waals surface area contributed by atoms with Crippen LogP contribution in [0, 0.1) is 6.92 Å². The van der Waals surface area contributed by atoms with Gasteiger partial charge in [-0.25, -0.2) is 8.42 Å². The van der Waals surface area contributed by atoms with Crippen LogP contribution in [0.2, 0.25) is 0 Å². The normalized spacial score (nSPS) is 21.2. The Morgan fingerprint density at radius 3 is 2.48 bits per heavy atom. The fourth-order valence-corrected chi connectivity index (χ4v) is 4.38. The van der Waals surface area contributed by atoms with Crippen LogP contribution in [0.1, 0.15) is 31.4 Å². The van der Waals surface area contributed by atoms with Gasteiger partial charge in [0.2, 0.25) is 0 Å². The number of aliphatic imine (C=N–C) groups is 1. The topological polar surface area (TPSA) is 70.6 Å². The monoisotopic (exact) mass is 337 g/mol.